The molecule has 0 saturated heterocycles. The first-order valence-corrected chi connectivity index (χ1v) is 12.8. The van der Waals surface area contributed by atoms with E-state index in [1.54, 1.807) is 6.92 Å². The predicted molar refractivity (Wildman–Crippen MR) is 160 cm³/mol. The Balaban J connectivity index is 2.18. The Morgan fingerprint density at radius 3 is 2.18 bits per heavy atom. The highest BCUT2D eigenvalue weighted by atomic mass is 15.0. The van der Waals surface area contributed by atoms with Crippen LogP contribution in [0.25, 0.3) is 39.4 Å². The molecule has 0 spiro atoms. The Bertz CT molecular complexity index is 1650. The van der Waals surface area contributed by atoms with Gasteiger partial charge in [0.05, 0.1) is 34.1 Å². The van der Waals surface area contributed by atoms with Crippen molar-refractivity contribution in [1.82, 2.24) is 4.57 Å². The quantitative estimate of drug-likeness (QED) is 0.139. The van der Waals surface area contributed by atoms with Crippen molar-refractivity contribution in [2.45, 2.75) is 33.6 Å². The number of hydrogen-bond donors (Lipinski definition) is 0. The van der Waals surface area contributed by atoms with E-state index >= 15 is 0 Å². The summed E-state index contributed by atoms with van der Waals surface area (Å²) in [6, 6.07) is 31.7. The summed E-state index contributed by atoms with van der Waals surface area (Å²) in [5.41, 5.74) is 9.01. The van der Waals surface area contributed by atoms with Crippen LogP contribution in [0.1, 0.15) is 44.0 Å². The molecule has 1 heterocycles. The second kappa shape index (κ2) is 11.9. The van der Waals surface area contributed by atoms with E-state index in [4.69, 9.17) is 0 Å². The SMILES string of the molecule is C=CCc1c(/C=C(\C)c2ccccc2)n(C(=C(/C)C#N)/C(C#N)=C\CC)c2cc(-c3ccccc3)ccc12. The van der Waals surface area contributed by atoms with Crippen LogP contribution in [0.5, 0.6) is 0 Å². The highest BCUT2D eigenvalue weighted by molar-refractivity contribution is 5.98. The van der Waals surface area contributed by atoms with Crippen LogP contribution in [0.2, 0.25) is 0 Å². The van der Waals surface area contributed by atoms with E-state index in [9.17, 15) is 10.5 Å². The lowest BCUT2D eigenvalue weighted by molar-refractivity contribution is 1.09. The molecule has 0 saturated carbocycles. The zero-order valence-corrected chi connectivity index (χ0v) is 22.2. The first-order chi connectivity index (χ1) is 18.5. The number of nitriles is 2. The lowest BCUT2D eigenvalue weighted by atomic mass is 10.0. The van der Waals surface area contributed by atoms with Crippen molar-refractivity contribution in [2.24, 2.45) is 0 Å². The summed E-state index contributed by atoms with van der Waals surface area (Å²) >= 11 is 0. The minimum Gasteiger partial charge on any atom is -0.307 e. The van der Waals surface area contributed by atoms with Gasteiger partial charge in [0.1, 0.15) is 6.07 Å². The van der Waals surface area contributed by atoms with Gasteiger partial charge in [-0.15, -0.1) is 6.58 Å². The molecular weight excluding hydrogens is 462 g/mol. The third-order valence-corrected chi connectivity index (χ3v) is 6.68. The van der Waals surface area contributed by atoms with Gasteiger partial charge in [0, 0.05) is 5.39 Å². The summed E-state index contributed by atoms with van der Waals surface area (Å²) in [5.74, 6) is 0. The third-order valence-electron chi connectivity index (χ3n) is 6.68. The Kier molecular flexibility index (Phi) is 8.22. The summed E-state index contributed by atoms with van der Waals surface area (Å²) in [5, 5.41) is 21.3. The fraction of sp³-hybridized carbons (Fsp3) is 0.143. The van der Waals surface area contributed by atoms with Crippen LogP contribution in [0.15, 0.2) is 109 Å². The molecule has 0 fully saturated rings. The maximum Gasteiger partial charge on any atom is 0.101 e. The molecule has 4 aromatic rings. The highest BCUT2D eigenvalue weighted by Crippen LogP contribution is 2.38. The Hall–Kier alpha value is -4.86. The van der Waals surface area contributed by atoms with Gasteiger partial charge in [-0.2, -0.15) is 10.5 Å². The van der Waals surface area contributed by atoms with Crippen LogP contribution in [0.3, 0.4) is 0 Å². The summed E-state index contributed by atoms with van der Waals surface area (Å²) in [6.45, 7) is 9.92. The number of nitrogens with zero attached hydrogens (tertiary/aromatic N) is 3. The van der Waals surface area contributed by atoms with Gasteiger partial charge in [-0.3, -0.25) is 0 Å². The molecule has 0 bridgehead atoms. The Morgan fingerprint density at radius 2 is 1.58 bits per heavy atom. The largest absolute Gasteiger partial charge is 0.307 e. The number of allylic oxidation sites excluding steroid dienone is 6. The molecule has 0 atom stereocenters. The van der Waals surface area contributed by atoms with Crippen LogP contribution in [0, 0.1) is 22.7 Å². The summed E-state index contributed by atoms with van der Waals surface area (Å²) in [7, 11) is 0. The molecule has 3 aromatic carbocycles. The van der Waals surface area contributed by atoms with Gasteiger partial charge >= 0.3 is 0 Å². The van der Waals surface area contributed by atoms with Crippen LogP contribution < -0.4 is 0 Å². The molecule has 38 heavy (non-hydrogen) atoms. The van der Waals surface area contributed by atoms with Gasteiger partial charge in [0.2, 0.25) is 0 Å². The summed E-state index contributed by atoms with van der Waals surface area (Å²) in [6.07, 6.45) is 7.32. The normalized spacial score (nSPS) is 12.6. The third kappa shape index (κ3) is 5.15. The number of benzene rings is 3. The second-order valence-corrected chi connectivity index (χ2v) is 9.21. The van der Waals surface area contributed by atoms with E-state index in [0.29, 0.717) is 29.7 Å². The maximum atomic E-state index is 10.2. The van der Waals surface area contributed by atoms with E-state index in [2.05, 4.69) is 78.7 Å². The van der Waals surface area contributed by atoms with E-state index in [1.165, 1.54) is 0 Å². The molecule has 0 aliphatic rings. The highest BCUT2D eigenvalue weighted by Gasteiger charge is 2.22. The van der Waals surface area contributed by atoms with Crippen molar-refractivity contribution in [1.29, 1.82) is 10.5 Å². The van der Waals surface area contributed by atoms with E-state index in [0.717, 1.165) is 44.4 Å². The minimum absolute atomic E-state index is 0.491. The lowest BCUT2D eigenvalue weighted by Gasteiger charge is -2.16. The lowest BCUT2D eigenvalue weighted by Crippen LogP contribution is -2.05. The van der Waals surface area contributed by atoms with Crippen molar-refractivity contribution in [3.05, 3.63) is 126 Å². The van der Waals surface area contributed by atoms with Crippen LogP contribution in [-0.4, -0.2) is 4.57 Å². The first kappa shape index (κ1) is 26.2. The average Bonchev–Trinajstić information content (AvgIpc) is 3.25. The van der Waals surface area contributed by atoms with Gasteiger partial charge in [-0.05, 0) is 66.7 Å². The fourth-order valence-corrected chi connectivity index (χ4v) is 4.87. The molecule has 0 amide bonds. The molecular formula is C35H31N3. The number of aromatic nitrogens is 1. The molecule has 0 aliphatic carbocycles. The van der Waals surface area contributed by atoms with Crippen molar-refractivity contribution in [3.63, 3.8) is 0 Å². The van der Waals surface area contributed by atoms with E-state index < -0.39 is 0 Å². The van der Waals surface area contributed by atoms with Gasteiger partial charge in [-0.1, -0.05) is 91.9 Å². The molecule has 0 N–H and O–H groups in total. The fourth-order valence-electron chi connectivity index (χ4n) is 4.87. The zero-order chi connectivity index (χ0) is 27.1. The van der Waals surface area contributed by atoms with E-state index in [1.807, 2.05) is 55.5 Å². The zero-order valence-electron chi connectivity index (χ0n) is 22.2. The summed E-state index contributed by atoms with van der Waals surface area (Å²) < 4.78 is 2.11. The smallest absolute Gasteiger partial charge is 0.101 e. The van der Waals surface area contributed by atoms with Crippen molar-refractivity contribution >= 4 is 28.2 Å². The average molecular weight is 494 g/mol. The first-order valence-electron chi connectivity index (χ1n) is 12.8. The standard InChI is InChI=1S/C35H31N3/c1-5-13-30(24-37)35(26(4)23-36)38-33(21-25(3)27-15-9-7-10-16-27)31(14-6-2)32-20-19-29(22-34(32)38)28-17-11-8-12-18-28/h6-13,15-22H,2,5,14H2,1,3-4H3/b25-21+,30-13-,35-26-. The molecule has 3 heteroatoms. The number of hydrogen-bond acceptors (Lipinski definition) is 2. The van der Waals surface area contributed by atoms with Crippen LogP contribution in [-0.2, 0) is 6.42 Å². The molecule has 0 radical (unpaired) electrons. The number of fused-ring (bicyclic) bond motifs is 1. The topological polar surface area (TPSA) is 52.5 Å². The van der Waals surface area contributed by atoms with Gasteiger partial charge < -0.3 is 4.57 Å². The van der Waals surface area contributed by atoms with Crippen molar-refractivity contribution < 1.29 is 0 Å². The molecule has 3 nitrogen and oxygen atoms in total. The minimum atomic E-state index is 0.491. The molecule has 186 valence electrons. The monoisotopic (exact) mass is 493 g/mol. The molecule has 1 aromatic heterocycles. The predicted octanol–water partition coefficient (Wildman–Crippen LogP) is 9.21. The van der Waals surface area contributed by atoms with Gasteiger partial charge in [0.15, 0.2) is 0 Å². The Labute approximate surface area is 225 Å². The van der Waals surface area contributed by atoms with E-state index in [-0.39, 0.29) is 0 Å². The van der Waals surface area contributed by atoms with Crippen molar-refractivity contribution in [2.75, 3.05) is 0 Å². The molecule has 0 unspecified atom stereocenters. The summed E-state index contributed by atoms with van der Waals surface area (Å²) in [4.78, 5) is 0. The molecule has 4 rings (SSSR count). The van der Waals surface area contributed by atoms with Gasteiger partial charge in [-0.25, -0.2) is 0 Å². The number of rotatable bonds is 8. The van der Waals surface area contributed by atoms with Crippen LogP contribution >= 0.6 is 0 Å². The Morgan fingerprint density at radius 1 is 0.895 bits per heavy atom. The maximum absolute atomic E-state index is 10.2. The van der Waals surface area contributed by atoms with Crippen molar-refractivity contribution in [3.8, 4) is 23.3 Å². The van der Waals surface area contributed by atoms with Gasteiger partial charge in [0.25, 0.3) is 0 Å². The second-order valence-electron chi connectivity index (χ2n) is 9.21. The molecule has 0 aliphatic heterocycles. The van der Waals surface area contributed by atoms with Crippen LogP contribution in [0.4, 0.5) is 0 Å².